The van der Waals surface area contributed by atoms with Gasteiger partial charge in [0.25, 0.3) is 0 Å². The molecule has 4 nitrogen and oxygen atoms in total. The minimum atomic E-state index is -1.23. The van der Waals surface area contributed by atoms with E-state index >= 15 is 0 Å². The predicted octanol–water partition coefficient (Wildman–Crippen LogP) is 1.85. The lowest BCUT2D eigenvalue weighted by atomic mass is 10.2. The number of hydrogen-bond acceptors (Lipinski definition) is 4. The molecule has 0 radical (unpaired) electrons. The van der Waals surface area contributed by atoms with Gasteiger partial charge in [-0.2, -0.15) is 0 Å². The Morgan fingerprint density at radius 2 is 1.76 bits per heavy atom. The molecular weight excluding hydrogens is 282 g/mol. The van der Waals surface area contributed by atoms with Crippen molar-refractivity contribution in [2.24, 2.45) is 0 Å². The molecule has 5 heteroatoms. The molecule has 3 rings (SSSR count). The number of nitrogens with zero attached hydrogens (tertiary/aromatic N) is 1. The molecule has 110 valence electrons. The summed E-state index contributed by atoms with van der Waals surface area (Å²) < 4.78 is 12.6. The number of benzene rings is 2. The average molecular weight is 301 g/mol. The van der Waals surface area contributed by atoms with Crippen molar-refractivity contribution in [3.8, 4) is 0 Å². The number of rotatable bonds is 3. The Balaban J connectivity index is 1.86. The maximum Gasteiger partial charge on any atom is 0.0870 e. The molecule has 21 heavy (non-hydrogen) atoms. The fourth-order valence-electron chi connectivity index (χ4n) is 2.50. The normalized spacial score (nSPS) is 16.7. The van der Waals surface area contributed by atoms with E-state index in [0.29, 0.717) is 10.6 Å². The van der Waals surface area contributed by atoms with Crippen LogP contribution in [0.2, 0.25) is 0 Å². The third-order valence-electron chi connectivity index (χ3n) is 3.63. The second kappa shape index (κ2) is 6.28. The van der Waals surface area contributed by atoms with Gasteiger partial charge in [0, 0.05) is 36.8 Å². The molecule has 1 aliphatic rings. The van der Waals surface area contributed by atoms with Crippen LogP contribution in [0, 0.1) is 0 Å². The Bertz CT molecular complexity index is 639. The number of nitrogens with two attached hydrogens (primary N) is 1. The first-order valence-electron chi connectivity index (χ1n) is 7.08. The molecule has 0 saturated carbocycles. The summed E-state index contributed by atoms with van der Waals surface area (Å²) in [6.45, 7) is 3.91. The van der Waals surface area contributed by atoms with Crippen molar-refractivity contribution in [3.05, 3.63) is 48.5 Å². The Morgan fingerprint density at radius 3 is 2.43 bits per heavy atom. The van der Waals surface area contributed by atoms with Gasteiger partial charge in [-0.1, -0.05) is 18.2 Å². The predicted molar refractivity (Wildman–Crippen MR) is 87.1 cm³/mol. The van der Waals surface area contributed by atoms with E-state index in [1.807, 2.05) is 48.5 Å². The van der Waals surface area contributed by atoms with Gasteiger partial charge in [0.1, 0.15) is 0 Å². The number of piperazine rings is 1. The minimum absolute atomic E-state index is 0.591. The molecule has 1 fully saturated rings. The summed E-state index contributed by atoms with van der Waals surface area (Å²) in [5.41, 5.74) is 7.82. The largest absolute Gasteiger partial charge is 0.398 e. The van der Waals surface area contributed by atoms with Crippen LogP contribution in [0.25, 0.3) is 0 Å². The lowest BCUT2D eigenvalue weighted by Gasteiger charge is -2.29. The number of nitrogen functional groups attached to an aromatic ring is 1. The summed E-state index contributed by atoms with van der Waals surface area (Å²) in [6.07, 6.45) is 0. The van der Waals surface area contributed by atoms with Crippen molar-refractivity contribution in [2.45, 2.75) is 9.79 Å². The van der Waals surface area contributed by atoms with Crippen LogP contribution in [-0.4, -0.2) is 30.4 Å². The molecule has 0 aromatic heterocycles. The van der Waals surface area contributed by atoms with E-state index in [2.05, 4.69) is 10.2 Å². The number of hydrogen-bond donors (Lipinski definition) is 2. The third kappa shape index (κ3) is 3.09. The van der Waals surface area contributed by atoms with Gasteiger partial charge in [-0.05, 0) is 30.3 Å². The lowest BCUT2D eigenvalue weighted by molar-refractivity contribution is 0.589. The SMILES string of the molecule is Nc1cc(N2CCNCC2)ccc1S(=O)c1ccccc1. The molecule has 0 aliphatic carbocycles. The van der Waals surface area contributed by atoms with Crippen molar-refractivity contribution in [3.63, 3.8) is 0 Å². The van der Waals surface area contributed by atoms with Crippen LogP contribution in [0.15, 0.2) is 58.3 Å². The first kappa shape index (κ1) is 14.1. The molecular formula is C16H19N3OS. The van der Waals surface area contributed by atoms with Crippen LogP contribution in [0.5, 0.6) is 0 Å². The third-order valence-corrected chi connectivity index (χ3v) is 5.10. The van der Waals surface area contributed by atoms with Gasteiger partial charge in [-0.3, -0.25) is 0 Å². The highest BCUT2D eigenvalue weighted by Crippen LogP contribution is 2.27. The monoisotopic (exact) mass is 301 g/mol. The molecule has 0 bridgehead atoms. The fourth-order valence-corrected chi connectivity index (χ4v) is 3.62. The first-order chi connectivity index (χ1) is 10.3. The van der Waals surface area contributed by atoms with E-state index in [-0.39, 0.29) is 0 Å². The van der Waals surface area contributed by atoms with Crippen molar-refractivity contribution in [1.82, 2.24) is 5.32 Å². The second-order valence-electron chi connectivity index (χ2n) is 5.04. The van der Waals surface area contributed by atoms with Crippen LogP contribution in [-0.2, 0) is 10.8 Å². The minimum Gasteiger partial charge on any atom is -0.398 e. The molecule has 1 saturated heterocycles. The fraction of sp³-hybridized carbons (Fsp3) is 0.250. The van der Waals surface area contributed by atoms with Crippen LogP contribution in [0.3, 0.4) is 0 Å². The maximum atomic E-state index is 12.6. The zero-order valence-corrected chi connectivity index (χ0v) is 12.6. The summed E-state index contributed by atoms with van der Waals surface area (Å²) in [7, 11) is -1.23. The van der Waals surface area contributed by atoms with Crippen LogP contribution in [0.1, 0.15) is 0 Å². The Hall–Kier alpha value is -1.85. The van der Waals surface area contributed by atoms with Crippen LogP contribution >= 0.6 is 0 Å². The van der Waals surface area contributed by atoms with Gasteiger partial charge in [-0.15, -0.1) is 0 Å². The van der Waals surface area contributed by atoms with Gasteiger partial charge in [0.15, 0.2) is 0 Å². The molecule has 2 aromatic carbocycles. The van der Waals surface area contributed by atoms with Crippen molar-refractivity contribution in [1.29, 1.82) is 0 Å². The van der Waals surface area contributed by atoms with Crippen LogP contribution in [0.4, 0.5) is 11.4 Å². The van der Waals surface area contributed by atoms with Crippen LogP contribution < -0.4 is 16.0 Å². The van der Waals surface area contributed by atoms with Crippen molar-refractivity contribution in [2.75, 3.05) is 36.8 Å². The standard InChI is InChI=1S/C16H19N3OS/c17-15-12-13(19-10-8-18-9-11-19)6-7-16(15)21(20)14-4-2-1-3-5-14/h1-7,12,18H,8-11,17H2. The van der Waals surface area contributed by atoms with Gasteiger partial charge < -0.3 is 16.0 Å². The average Bonchev–Trinajstić information content (AvgIpc) is 2.56. The summed E-state index contributed by atoms with van der Waals surface area (Å²) in [5, 5.41) is 3.33. The molecule has 1 unspecified atom stereocenters. The molecule has 0 spiro atoms. The van der Waals surface area contributed by atoms with E-state index in [0.717, 1.165) is 36.8 Å². The van der Waals surface area contributed by atoms with Gasteiger partial charge in [-0.25, -0.2) is 4.21 Å². The van der Waals surface area contributed by atoms with Crippen molar-refractivity contribution < 1.29 is 4.21 Å². The first-order valence-corrected chi connectivity index (χ1v) is 8.23. The molecule has 3 N–H and O–H groups in total. The van der Waals surface area contributed by atoms with Crippen molar-refractivity contribution >= 4 is 22.2 Å². The van der Waals surface area contributed by atoms with Gasteiger partial charge >= 0.3 is 0 Å². The zero-order chi connectivity index (χ0) is 14.7. The van der Waals surface area contributed by atoms with E-state index in [9.17, 15) is 4.21 Å². The Labute approximate surface area is 127 Å². The number of nitrogens with one attached hydrogen (secondary N) is 1. The molecule has 1 aliphatic heterocycles. The summed E-state index contributed by atoms with van der Waals surface area (Å²) in [5.74, 6) is 0. The molecule has 0 amide bonds. The highest BCUT2D eigenvalue weighted by Gasteiger charge is 2.14. The highest BCUT2D eigenvalue weighted by atomic mass is 32.2. The smallest absolute Gasteiger partial charge is 0.0870 e. The summed E-state index contributed by atoms with van der Waals surface area (Å²) in [4.78, 5) is 3.75. The summed E-state index contributed by atoms with van der Waals surface area (Å²) >= 11 is 0. The van der Waals surface area contributed by atoms with Gasteiger partial charge in [0.05, 0.1) is 21.4 Å². The molecule has 1 heterocycles. The van der Waals surface area contributed by atoms with E-state index in [1.165, 1.54) is 0 Å². The number of anilines is 2. The maximum absolute atomic E-state index is 12.6. The highest BCUT2D eigenvalue weighted by molar-refractivity contribution is 7.85. The topological polar surface area (TPSA) is 58.4 Å². The van der Waals surface area contributed by atoms with Gasteiger partial charge in [0.2, 0.25) is 0 Å². The Morgan fingerprint density at radius 1 is 1.05 bits per heavy atom. The molecule has 2 aromatic rings. The molecule has 1 atom stereocenters. The quantitative estimate of drug-likeness (QED) is 0.850. The second-order valence-corrected chi connectivity index (χ2v) is 6.49. The summed E-state index contributed by atoms with van der Waals surface area (Å²) in [6, 6.07) is 15.2. The lowest BCUT2D eigenvalue weighted by Crippen LogP contribution is -2.43. The van der Waals surface area contributed by atoms with E-state index in [1.54, 1.807) is 0 Å². The van der Waals surface area contributed by atoms with E-state index < -0.39 is 10.8 Å². The zero-order valence-electron chi connectivity index (χ0n) is 11.8. The van der Waals surface area contributed by atoms with E-state index in [4.69, 9.17) is 5.73 Å². The Kier molecular flexibility index (Phi) is 4.22.